The first-order valence-electron chi connectivity index (χ1n) is 17.2. The van der Waals surface area contributed by atoms with E-state index in [-0.39, 0.29) is 24.8 Å². The number of carbonyl (C=O) groups is 5. The molecule has 5 amide bonds. The number of benzene rings is 3. The Balaban J connectivity index is 1.62. The van der Waals surface area contributed by atoms with Crippen LogP contribution in [0.15, 0.2) is 72.8 Å². The summed E-state index contributed by atoms with van der Waals surface area (Å²) in [5.74, 6) is -1.82. The van der Waals surface area contributed by atoms with Crippen LogP contribution in [0.4, 0.5) is 0 Å². The van der Waals surface area contributed by atoms with Gasteiger partial charge in [0.25, 0.3) is 11.8 Å². The van der Waals surface area contributed by atoms with E-state index < -0.39 is 41.8 Å². The third kappa shape index (κ3) is 10.6. The SMILES string of the molecule is CC[C@H](C)C1NC(=O)c2ccc(cc2)CN(C(=O)c2cccc(C#N)c2)CCCCNC(=O)[C@@H](C)NC(=O)[C@H](Cc2ccc(OC)cc2)NC1=O. The Bertz CT molecular complexity index is 1740. The molecule has 0 fully saturated rings. The lowest BCUT2D eigenvalue weighted by molar-refractivity contribution is -0.132. The molecular formula is C39H46N6O6. The molecule has 0 aromatic heterocycles. The van der Waals surface area contributed by atoms with Gasteiger partial charge in [-0.2, -0.15) is 5.26 Å². The van der Waals surface area contributed by atoms with Crippen LogP contribution in [0.3, 0.4) is 0 Å². The Morgan fingerprint density at radius 3 is 2.33 bits per heavy atom. The largest absolute Gasteiger partial charge is 0.497 e. The normalized spacial score (nSPS) is 20.1. The number of hydrogen-bond acceptors (Lipinski definition) is 7. The minimum absolute atomic E-state index is 0.133. The summed E-state index contributed by atoms with van der Waals surface area (Å²) in [6, 6.07) is 19.6. The number of nitrogens with one attached hydrogen (secondary N) is 4. The quantitative estimate of drug-likeness (QED) is 0.286. The molecule has 0 spiro atoms. The number of methoxy groups -OCH3 is 1. The van der Waals surface area contributed by atoms with Crippen LogP contribution in [0.1, 0.15) is 77.4 Å². The predicted molar refractivity (Wildman–Crippen MR) is 192 cm³/mol. The van der Waals surface area contributed by atoms with Crippen molar-refractivity contribution in [2.45, 2.75) is 71.1 Å². The number of carbonyl (C=O) groups excluding carboxylic acids is 5. The number of nitrogens with zero attached hydrogens (tertiary/aromatic N) is 2. The van der Waals surface area contributed by atoms with Gasteiger partial charge in [-0.15, -0.1) is 0 Å². The van der Waals surface area contributed by atoms with Crippen molar-refractivity contribution in [2.24, 2.45) is 5.92 Å². The molecule has 5 rings (SSSR count). The Morgan fingerprint density at radius 1 is 0.941 bits per heavy atom. The standard InChI is InChI=1S/C39H46N6O6/c1-5-25(2)34-38(49)43-33(22-27-13-17-32(51-4)18-14-27)37(48)42-26(3)35(46)41-19-6-7-20-45(39(50)31-10-8-9-29(21-31)23-40)24-28-11-15-30(16-12-28)36(47)44-34/h8-18,21,25-26,33-34H,5-7,19-20,22,24H2,1-4H3,(H,41,46)(H,42,48)(H,43,49)(H,44,47)/t25-,26+,33-,34?/m0/s1. The van der Waals surface area contributed by atoms with Crippen LogP contribution in [-0.2, 0) is 27.3 Å². The average molecular weight is 695 g/mol. The van der Waals surface area contributed by atoms with Gasteiger partial charge in [0.1, 0.15) is 23.9 Å². The van der Waals surface area contributed by atoms with Gasteiger partial charge in [0.15, 0.2) is 0 Å². The van der Waals surface area contributed by atoms with Crippen molar-refractivity contribution in [1.29, 1.82) is 5.26 Å². The average Bonchev–Trinajstić information content (AvgIpc) is 3.15. The summed E-state index contributed by atoms with van der Waals surface area (Å²) in [5, 5.41) is 20.6. The topological polar surface area (TPSA) is 170 Å². The highest BCUT2D eigenvalue weighted by molar-refractivity contribution is 5.99. The Labute approximate surface area is 298 Å². The zero-order valence-electron chi connectivity index (χ0n) is 29.5. The minimum atomic E-state index is -1.05. The summed E-state index contributed by atoms with van der Waals surface area (Å²) >= 11 is 0. The monoisotopic (exact) mass is 694 g/mol. The second-order valence-electron chi connectivity index (χ2n) is 12.8. The van der Waals surface area contributed by atoms with Crippen LogP contribution in [0, 0.1) is 17.2 Å². The van der Waals surface area contributed by atoms with E-state index in [0.717, 1.165) is 11.1 Å². The maximum Gasteiger partial charge on any atom is 0.254 e. The molecule has 2 bridgehead atoms. The van der Waals surface area contributed by atoms with E-state index in [1.807, 2.05) is 13.8 Å². The van der Waals surface area contributed by atoms with Crippen molar-refractivity contribution in [3.8, 4) is 11.8 Å². The number of rotatable bonds is 6. The van der Waals surface area contributed by atoms with Crippen molar-refractivity contribution in [3.63, 3.8) is 0 Å². The maximum absolute atomic E-state index is 13.8. The van der Waals surface area contributed by atoms with Gasteiger partial charge < -0.3 is 30.9 Å². The zero-order valence-corrected chi connectivity index (χ0v) is 29.5. The first kappa shape index (κ1) is 38.1. The highest BCUT2D eigenvalue weighted by atomic mass is 16.5. The van der Waals surface area contributed by atoms with Gasteiger partial charge in [-0.05, 0) is 79.3 Å². The van der Waals surface area contributed by atoms with Gasteiger partial charge >= 0.3 is 0 Å². The smallest absolute Gasteiger partial charge is 0.254 e. The van der Waals surface area contributed by atoms with Gasteiger partial charge in [0.05, 0.1) is 18.7 Å². The number of ether oxygens (including phenoxy) is 1. The third-order valence-electron chi connectivity index (χ3n) is 9.04. The summed E-state index contributed by atoms with van der Waals surface area (Å²) in [7, 11) is 1.55. The lowest BCUT2D eigenvalue weighted by atomic mass is 9.96. The molecule has 12 heteroatoms. The summed E-state index contributed by atoms with van der Waals surface area (Å²) < 4.78 is 5.25. The molecule has 4 N–H and O–H groups in total. The van der Waals surface area contributed by atoms with E-state index in [1.165, 1.54) is 0 Å². The van der Waals surface area contributed by atoms with Crippen molar-refractivity contribution >= 4 is 29.5 Å². The van der Waals surface area contributed by atoms with E-state index in [2.05, 4.69) is 27.3 Å². The van der Waals surface area contributed by atoms with Crippen LogP contribution in [0.5, 0.6) is 5.75 Å². The number of nitriles is 1. The molecule has 1 unspecified atom stereocenters. The fourth-order valence-corrected chi connectivity index (χ4v) is 5.71. The fourth-order valence-electron chi connectivity index (χ4n) is 5.71. The van der Waals surface area contributed by atoms with Crippen LogP contribution < -0.4 is 26.0 Å². The van der Waals surface area contributed by atoms with E-state index in [9.17, 15) is 29.2 Å². The highest BCUT2D eigenvalue weighted by Crippen LogP contribution is 2.17. The Kier molecular flexibility index (Phi) is 13.7. The molecule has 2 aliphatic rings. The maximum atomic E-state index is 13.8. The van der Waals surface area contributed by atoms with Crippen LogP contribution in [0.25, 0.3) is 0 Å². The summed E-state index contributed by atoms with van der Waals surface area (Å²) in [5.41, 5.74) is 2.63. The molecule has 0 saturated carbocycles. The van der Waals surface area contributed by atoms with E-state index in [4.69, 9.17) is 4.74 Å². The molecule has 3 aromatic rings. The second-order valence-corrected chi connectivity index (χ2v) is 12.8. The van der Waals surface area contributed by atoms with Gasteiger partial charge in [0.2, 0.25) is 17.7 Å². The van der Waals surface area contributed by atoms with Crippen LogP contribution in [0.2, 0.25) is 0 Å². The van der Waals surface area contributed by atoms with Crippen molar-refractivity contribution in [1.82, 2.24) is 26.2 Å². The molecule has 0 aliphatic carbocycles. The first-order chi connectivity index (χ1) is 24.5. The van der Waals surface area contributed by atoms with E-state index in [0.29, 0.717) is 54.8 Å². The molecule has 4 atom stereocenters. The number of fused-ring (bicyclic) bond motifs is 18. The number of hydrogen-bond donors (Lipinski definition) is 4. The van der Waals surface area contributed by atoms with Gasteiger partial charge in [-0.1, -0.05) is 50.6 Å². The van der Waals surface area contributed by atoms with E-state index >= 15 is 0 Å². The highest BCUT2D eigenvalue weighted by Gasteiger charge is 2.31. The zero-order chi connectivity index (χ0) is 36.9. The van der Waals surface area contributed by atoms with E-state index in [1.54, 1.807) is 91.7 Å². The molecule has 12 nitrogen and oxygen atoms in total. The Hall–Kier alpha value is -5.70. The van der Waals surface area contributed by atoms with Crippen LogP contribution in [-0.4, -0.2) is 72.8 Å². The molecule has 3 aromatic carbocycles. The molecule has 268 valence electrons. The lowest BCUT2D eigenvalue weighted by Gasteiger charge is -2.27. The second kappa shape index (κ2) is 18.3. The van der Waals surface area contributed by atoms with Crippen molar-refractivity contribution < 1.29 is 28.7 Å². The molecule has 2 aliphatic heterocycles. The van der Waals surface area contributed by atoms with Crippen molar-refractivity contribution in [3.05, 3.63) is 101 Å². The summed E-state index contributed by atoms with van der Waals surface area (Å²) in [4.78, 5) is 69.2. The fraction of sp³-hybridized carbons (Fsp3) is 0.385. The predicted octanol–water partition coefficient (Wildman–Crippen LogP) is 3.50. The molecular weight excluding hydrogens is 648 g/mol. The van der Waals surface area contributed by atoms with Gasteiger partial charge in [-0.3, -0.25) is 24.0 Å². The third-order valence-corrected chi connectivity index (χ3v) is 9.04. The molecule has 0 saturated heterocycles. The van der Waals surface area contributed by atoms with Gasteiger partial charge in [-0.25, -0.2) is 0 Å². The molecule has 51 heavy (non-hydrogen) atoms. The number of amides is 5. The minimum Gasteiger partial charge on any atom is -0.497 e. The van der Waals surface area contributed by atoms with Crippen LogP contribution >= 0.6 is 0 Å². The summed E-state index contributed by atoms with van der Waals surface area (Å²) in [6.07, 6.45) is 1.83. The molecule has 2 heterocycles. The summed E-state index contributed by atoms with van der Waals surface area (Å²) in [6.45, 7) is 6.26. The van der Waals surface area contributed by atoms with Gasteiger partial charge in [0, 0.05) is 37.2 Å². The Morgan fingerprint density at radius 2 is 1.67 bits per heavy atom. The molecule has 0 radical (unpaired) electrons. The first-order valence-corrected chi connectivity index (χ1v) is 17.2. The van der Waals surface area contributed by atoms with Crippen molar-refractivity contribution in [2.75, 3.05) is 20.2 Å². The lowest BCUT2D eigenvalue weighted by Crippen LogP contribution is -2.58.